The third-order valence-corrected chi connectivity index (χ3v) is 5.00. The largest absolute Gasteiger partial charge is 0.350 e. The number of amides is 2. The maximum atomic E-state index is 13.2. The first-order valence-electron chi connectivity index (χ1n) is 9.13. The molecule has 0 saturated carbocycles. The van der Waals surface area contributed by atoms with Crippen LogP contribution in [0, 0.1) is 6.92 Å². The Bertz CT molecular complexity index is 1110. The standard InChI is InChI=1S/C23H18ClN3O2/c1-15-6-2-3-8-19(15)26-21-20(16-9-11-17(24)12-10-16)22(28)27(23(21)29)14-18-7-4-5-13-25-18/h2-13,26H,14H2,1H3. The monoisotopic (exact) mass is 403 g/mol. The Morgan fingerprint density at radius 1 is 0.931 bits per heavy atom. The second-order valence-corrected chi connectivity index (χ2v) is 7.15. The van der Waals surface area contributed by atoms with Crippen LogP contribution in [0.25, 0.3) is 5.57 Å². The number of carbonyl (C=O) groups excluding carboxylic acids is 2. The molecule has 1 N–H and O–H groups in total. The summed E-state index contributed by atoms with van der Waals surface area (Å²) >= 11 is 6.00. The van der Waals surface area contributed by atoms with E-state index in [-0.39, 0.29) is 24.1 Å². The number of nitrogens with zero attached hydrogens (tertiary/aromatic N) is 2. The molecule has 29 heavy (non-hydrogen) atoms. The van der Waals surface area contributed by atoms with E-state index in [9.17, 15) is 9.59 Å². The van der Waals surface area contributed by atoms with Crippen LogP contribution in [0.3, 0.4) is 0 Å². The van der Waals surface area contributed by atoms with Crippen LogP contribution in [0.5, 0.6) is 0 Å². The Labute approximate surface area is 173 Å². The van der Waals surface area contributed by atoms with Crippen LogP contribution < -0.4 is 5.32 Å². The molecule has 0 atom stereocenters. The van der Waals surface area contributed by atoms with Crippen LogP contribution in [0.4, 0.5) is 5.69 Å². The number of aromatic nitrogens is 1. The lowest BCUT2D eigenvalue weighted by molar-refractivity contribution is -0.137. The quantitative estimate of drug-likeness (QED) is 0.640. The molecular formula is C23H18ClN3O2. The van der Waals surface area contributed by atoms with E-state index in [1.54, 1.807) is 42.6 Å². The highest BCUT2D eigenvalue weighted by molar-refractivity contribution is 6.36. The molecule has 0 unspecified atom stereocenters. The van der Waals surface area contributed by atoms with E-state index in [1.165, 1.54) is 4.90 Å². The fraction of sp³-hybridized carbons (Fsp3) is 0.0870. The number of hydrogen-bond donors (Lipinski definition) is 1. The SMILES string of the molecule is Cc1ccccc1NC1=C(c2ccc(Cl)cc2)C(=O)N(Cc2ccccn2)C1=O. The molecule has 2 heterocycles. The van der Waals surface area contributed by atoms with Crippen molar-refractivity contribution in [3.8, 4) is 0 Å². The first-order chi connectivity index (χ1) is 14.0. The summed E-state index contributed by atoms with van der Waals surface area (Å²) in [5.41, 5.74) is 3.59. The molecule has 5 nitrogen and oxygen atoms in total. The third kappa shape index (κ3) is 3.77. The van der Waals surface area contributed by atoms with Crippen molar-refractivity contribution in [1.29, 1.82) is 0 Å². The van der Waals surface area contributed by atoms with Crippen molar-refractivity contribution in [2.45, 2.75) is 13.5 Å². The number of aryl methyl sites for hydroxylation is 1. The van der Waals surface area contributed by atoms with Gasteiger partial charge in [-0.3, -0.25) is 19.5 Å². The summed E-state index contributed by atoms with van der Waals surface area (Å²) < 4.78 is 0. The van der Waals surface area contributed by atoms with E-state index in [0.29, 0.717) is 21.9 Å². The van der Waals surface area contributed by atoms with E-state index in [4.69, 9.17) is 11.6 Å². The molecule has 1 aliphatic rings. The highest BCUT2D eigenvalue weighted by Crippen LogP contribution is 2.32. The van der Waals surface area contributed by atoms with Gasteiger partial charge in [0.15, 0.2) is 0 Å². The number of anilines is 1. The zero-order chi connectivity index (χ0) is 20.4. The van der Waals surface area contributed by atoms with Crippen LogP contribution in [0.1, 0.15) is 16.8 Å². The fourth-order valence-corrected chi connectivity index (χ4v) is 3.35. The minimum Gasteiger partial charge on any atom is -0.350 e. The van der Waals surface area contributed by atoms with Crippen molar-refractivity contribution >= 4 is 34.7 Å². The number of rotatable bonds is 5. The molecule has 0 radical (unpaired) electrons. The van der Waals surface area contributed by atoms with Gasteiger partial charge in [0.2, 0.25) is 0 Å². The maximum Gasteiger partial charge on any atom is 0.278 e. The van der Waals surface area contributed by atoms with E-state index in [2.05, 4.69) is 10.3 Å². The zero-order valence-corrected chi connectivity index (χ0v) is 16.5. The summed E-state index contributed by atoms with van der Waals surface area (Å²) in [5.74, 6) is -0.743. The molecule has 144 valence electrons. The highest BCUT2D eigenvalue weighted by atomic mass is 35.5. The molecule has 0 spiro atoms. The lowest BCUT2D eigenvalue weighted by Gasteiger charge is -2.15. The van der Waals surface area contributed by atoms with Gasteiger partial charge in [0.1, 0.15) is 5.70 Å². The van der Waals surface area contributed by atoms with Crippen LogP contribution >= 0.6 is 11.6 Å². The number of para-hydroxylation sites is 1. The predicted molar refractivity (Wildman–Crippen MR) is 113 cm³/mol. The molecule has 0 bridgehead atoms. The number of imide groups is 1. The molecule has 2 aromatic carbocycles. The van der Waals surface area contributed by atoms with E-state index >= 15 is 0 Å². The number of carbonyl (C=O) groups is 2. The van der Waals surface area contributed by atoms with Gasteiger partial charge < -0.3 is 5.32 Å². The lowest BCUT2D eigenvalue weighted by Crippen LogP contribution is -2.32. The smallest absolute Gasteiger partial charge is 0.278 e. The van der Waals surface area contributed by atoms with Gasteiger partial charge in [0.05, 0.1) is 17.8 Å². The minimum atomic E-state index is -0.381. The van der Waals surface area contributed by atoms with Gasteiger partial charge in [0, 0.05) is 16.9 Å². The number of hydrogen-bond acceptors (Lipinski definition) is 4. The molecule has 0 aliphatic carbocycles. The average molecular weight is 404 g/mol. The van der Waals surface area contributed by atoms with Gasteiger partial charge >= 0.3 is 0 Å². The van der Waals surface area contributed by atoms with E-state index < -0.39 is 0 Å². The van der Waals surface area contributed by atoms with Gasteiger partial charge in [-0.2, -0.15) is 0 Å². The number of halogens is 1. The normalized spacial score (nSPS) is 13.9. The van der Waals surface area contributed by atoms with Crippen molar-refractivity contribution in [2.24, 2.45) is 0 Å². The summed E-state index contributed by atoms with van der Waals surface area (Å²) in [7, 11) is 0. The minimum absolute atomic E-state index is 0.106. The molecule has 3 aromatic rings. The summed E-state index contributed by atoms with van der Waals surface area (Å²) in [6.45, 7) is 2.05. The van der Waals surface area contributed by atoms with E-state index in [0.717, 1.165) is 11.3 Å². The summed E-state index contributed by atoms with van der Waals surface area (Å²) in [4.78, 5) is 31.9. The molecule has 6 heteroatoms. The molecule has 0 saturated heterocycles. The molecule has 1 aliphatic heterocycles. The Hall–Kier alpha value is -3.44. The van der Waals surface area contributed by atoms with Gasteiger partial charge in [-0.25, -0.2) is 0 Å². The second kappa shape index (κ2) is 7.89. The topological polar surface area (TPSA) is 62.3 Å². The van der Waals surface area contributed by atoms with Crippen molar-refractivity contribution in [3.63, 3.8) is 0 Å². The van der Waals surface area contributed by atoms with Crippen LogP contribution in [0.15, 0.2) is 78.6 Å². The van der Waals surface area contributed by atoms with Gasteiger partial charge in [-0.1, -0.05) is 48.0 Å². The summed E-state index contributed by atoms with van der Waals surface area (Å²) in [5, 5.41) is 3.74. The van der Waals surface area contributed by atoms with Crippen LogP contribution in [0.2, 0.25) is 5.02 Å². The van der Waals surface area contributed by atoms with Crippen molar-refractivity contribution < 1.29 is 9.59 Å². The Morgan fingerprint density at radius 2 is 1.66 bits per heavy atom. The molecule has 4 rings (SSSR count). The lowest BCUT2D eigenvalue weighted by atomic mass is 10.0. The molecule has 0 fully saturated rings. The van der Waals surface area contributed by atoms with Gasteiger partial charge in [-0.15, -0.1) is 0 Å². The molecular weight excluding hydrogens is 386 g/mol. The second-order valence-electron chi connectivity index (χ2n) is 6.71. The van der Waals surface area contributed by atoms with Crippen molar-refractivity contribution in [1.82, 2.24) is 9.88 Å². The number of pyridine rings is 1. The van der Waals surface area contributed by atoms with Gasteiger partial charge in [0.25, 0.3) is 11.8 Å². The summed E-state index contributed by atoms with van der Waals surface area (Å²) in [6, 6.07) is 19.9. The first kappa shape index (κ1) is 18.9. The van der Waals surface area contributed by atoms with Crippen molar-refractivity contribution in [3.05, 3.63) is 100 Å². The fourth-order valence-electron chi connectivity index (χ4n) is 3.22. The first-order valence-corrected chi connectivity index (χ1v) is 9.51. The third-order valence-electron chi connectivity index (χ3n) is 4.75. The van der Waals surface area contributed by atoms with E-state index in [1.807, 2.05) is 37.3 Å². The molecule has 2 amide bonds. The number of benzene rings is 2. The van der Waals surface area contributed by atoms with Gasteiger partial charge in [-0.05, 0) is 48.4 Å². The highest BCUT2D eigenvalue weighted by Gasteiger charge is 2.39. The van der Waals surface area contributed by atoms with Crippen molar-refractivity contribution in [2.75, 3.05) is 5.32 Å². The van der Waals surface area contributed by atoms with Crippen LogP contribution in [-0.4, -0.2) is 21.7 Å². The zero-order valence-electron chi connectivity index (χ0n) is 15.7. The molecule has 1 aromatic heterocycles. The Balaban J connectivity index is 1.76. The van der Waals surface area contributed by atoms with Crippen LogP contribution in [-0.2, 0) is 16.1 Å². The summed E-state index contributed by atoms with van der Waals surface area (Å²) in [6.07, 6.45) is 1.64. The Kier molecular flexibility index (Phi) is 5.14. The number of nitrogens with one attached hydrogen (secondary N) is 1. The average Bonchev–Trinajstić information content (AvgIpc) is 2.95. The predicted octanol–water partition coefficient (Wildman–Crippen LogP) is 4.44. The maximum absolute atomic E-state index is 13.2. The Morgan fingerprint density at radius 3 is 2.34 bits per heavy atom.